The van der Waals surface area contributed by atoms with Crippen LogP contribution in [0.3, 0.4) is 0 Å². The molecule has 0 saturated carbocycles. The predicted octanol–water partition coefficient (Wildman–Crippen LogP) is 4.23. The van der Waals surface area contributed by atoms with Crippen molar-refractivity contribution in [1.29, 1.82) is 0 Å². The Morgan fingerprint density at radius 3 is 2.56 bits per heavy atom. The molecule has 6 heteroatoms. The maximum Gasteiger partial charge on any atom is 0.251 e. The second-order valence-electron chi connectivity index (χ2n) is 6.36. The molecule has 0 fully saturated rings. The number of amides is 1. The highest BCUT2D eigenvalue weighted by atomic mass is 35.5. The number of carbonyl (C=O) groups is 1. The summed E-state index contributed by atoms with van der Waals surface area (Å²) in [5.74, 6) is 0.122. The summed E-state index contributed by atoms with van der Waals surface area (Å²) in [7, 11) is 0. The molecule has 0 saturated heterocycles. The maximum atomic E-state index is 12.7. The molecule has 0 aliphatic rings. The zero-order valence-electron chi connectivity index (χ0n) is 14.5. The molecule has 3 aromatic rings. The maximum absolute atomic E-state index is 12.7. The van der Waals surface area contributed by atoms with Gasteiger partial charge in [-0.05, 0) is 48.7 Å². The van der Waals surface area contributed by atoms with Gasteiger partial charge >= 0.3 is 0 Å². The van der Waals surface area contributed by atoms with E-state index >= 15 is 0 Å². The van der Waals surface area contributed by atoms with Crippen LogP contribution in [0.4, 0.5) is 0 Å². The zero-order chi connectivity index (χ0) is 18.0. The van der Waals surface area contributed by atoms with Crippen molar-refractivity contribution < 1.29 is 4.79 Å². The average Bonchev–Trinajstić information content (AvgIpc) is 3.02. The minimum Gasteiger partial charge on any atom is -0.345 e. The largest absolute Gasteiger partial charge is 0.345 e. The summed E-state index contributed by atoms with van der Waals surface area (Å²) in [4.78, 5) is 12.7. The summed E-state index contributed by atoms with van der Waals surface area (Å²) in [6, 6.07) is 13.0. The lowest BCUT2D eigenvalue weighted by atomic mass is 9.95. The molecule has 1 amide bonds. The predicted molar refractivity (Wildman–Crippen MR) is 99.7 cm³/mol. The lowest BCUT2D eigenvalue weighted by molar-refractivity contribution is 0.0925. The normalized spacial score (nSPS) is 12.5. The van der Waals surface area contributed by atoms with E-state index in [0.717, 1.165) is 23.1 Å². The second kappa shape index (κ2) is 7.23. The molecule has 3 rings (SSSR count). The van der Waals surface area contributed by atoms with E-state index in [2.05, 4.69) is 29.5 Å². The summed E-state index contributed by atoms with van der Waals surface area (Å²) in [6.07, 6.45) is 0. The number of nitrogens with one attached hydrogen (secondary N) is 1. The second-order valence-corrected chi connectivity index (χ2v) is 6.79. The molecule has 1 aromatic heterocycles. The number of nitrogens with zero attached hydrogens (tertiary/aromatic N) is 3. The van der Waals surface area contributed by atoms with Crippen molar-refractivity contribution in [1.82, 2.24) is 20.3 Å². The number of benzene rings is 2. The third-order valence-corrected chi connectivity index (χ3v) is 4.51. The van der Waals surface area contributed by atoms with E-state index in [1.54, 1.807) is 6.07 Å². The number of hydrogen-bond donors (Lipinski definition) is 1. The van der Waals surface area contributed by atoms with Crippen molar-refractivity contribution in [3.8, 4) is 0 Å². The van der Waals surface area contributed by atoms with E-state index in [-0.39, 0.29) is 17.9 Å². The molecule has 1 N–H and O–H groups in total. The number of hydrogen-bond acceptors (Lipinski definition) is 3. The molecule has 0 bridgehead atoms. The van der Waals surface area contributed by atoms with E-state index < -0.39 is 0 Å². The van der Waals surface area contributed by atoms with Gasteiger partial charge in [0.25, 0.3) is 5.91 Å². The number of aryl methyl sites for hydroxylation is 1. The van der Waals surface area contributed by atoms with Crippen molar-refractivity contribution in [2.75, 3.05) is 0 Å². The van der Waals surface area contributed by atoms with Crippen LogP contribution in [0.5, 0.6) is 0 Å². The Morgan fingerprint density at radius 2 is 1.92 bits per heavy atom. The number of halogens is 1. The summed E-state index contributed by atoms with van der Waals surface area (Å²) >= 11 is 5.96. The van der Waals surface area contributed by atoms with Crippen LogP contribution in [0.2, 0.25) is 5.02 Å². The van der Waals surface area contributed by atoms with E-state index in [1.165, 1.54) is 0 Å². The van der Waals surface area contributed by atoms with Gasteiger partial charge in [0.15, 0.2) is 0 Å². The van der Waals surface area contributed by atoms with Crippen molar-refractivity contribution in [3.05, 3.63) is 58.6 Å². The highest BCUT2D eigenvalue weighted by Gasteiger charge is 2.19. The lowest BCUT2D eigenvalue weighted by Crippen LogP contribution is -2.31. The van der Waals surface area contributed by atoms with Crippen LogP contribution in [0.1, 0.15) is 42.7 Å². The van der Waals surface area contributed by atoms with Gasteiger partial charge in [0.1, 0.15) is 5.52 Å². The summed E-state index contributed by atoms with van der Waals surface area (Å²) < 4.78 is 1.81. The Morgan fingerprint density at radius 1 is 1.20 bits per heavy atom. The van der Waals surface area contributed by atoms with Crippen LogP contribution in [-0.4, -0.2) is 20.9 Å². The Labute approximate surface area is 152 Å². The standard InChI is InChI=1S/C19H21ClN4O/c1-4-24-17-10-7-14(11-16(17)22-23-24)19(25)21-18(12(2)3)13-5-8-15(20)9-6-13/h5-12,18H,4H2,1-3H3,(H,21,25). The van der Waals surface area contributed by atoms with Gasteiger partial charge in [-0.15, -0.1) is 5.10 Å². The first-order chi connectivity index (χ1) is 12.0. The molecule has 1 atom stereocenters. The fraction of sp³-hybridized carbons (Fsp3) is 0.316. The number of fused-ring (bicyclic) bond motifs is 1. The summed E-state index contributed by atoms with van der Waals surface area (Å²) in [5.41, 5.74) is 3.26. The van der Waals surface area contributed by atoms with E-state index in [4.69, 9.17) is 11.6 Å². The number of rotatable bonds is 5. The molecule has 1 heterocycles. The van der Waals surface area contributed by atoms with Crippen molar-refractivity contribution in [3.63, 3.8) is 0 Å². The fourth-order valence-corrected chi connectivity index (χ4v) is 3.00. The topological polar surface area (TPSA) is 59.8 Å². The van der Waals surface area contributed by atoms with E-state index in [9.17, 15) is 4.79 Å². The third-order valence-electron chi connectivity index (χ3n) is 4.26. The van der Waals surface area contributed by atoms with Crippen molar-refractivity contribution in [2.24, 2.45) is 5.92 Å². The molecule has 0 radical (unpaired) electrons. The SMILES string of the molecule is CCn1nnc2cc(C(=O)NC(c3ccc(Cl)cc3)C(C)C)ccc21. The Hall–Kier alpha value is -2.40. The quantitative estimate of drug-likeness (QED) is 0.744. The van der Waals surface area contributed by atoms with Gasteiger partial charge in [0, 0.05) is 17.1 Å². The van der Waals surface area contributed by atoms with Crippen LogP contribution in [0.15, 0.2) is 42.5 Å². The summed E-state index contributed by atoms with van der Waals surface area (Å²) in [6.45, 7) is 6.91. The van der Waals surface area contributed by atoms with Crippen LogP contribution < -0.4 is 5.32 Å². The Kier molecular flexibility index (Phi) is 5.04. The molecule has 0 aliphatic heterocycles. The van der Waals surface area contributed by atoms with Crippen LogP contribution in [0, 0.1) is 5.92 Å². The third kappa shape index (κ3) is 3.66. The lowest BCUT2D eigenvalue weighted by Gasteiger charge is -2.23. The van der Waals surface area contributed by atoms with Gasteiger partial charge in [-0.1, -0.05) is 42.8 Å². The van der Waals surface area contributed by atoms with Gasteiger partial charge in [0.05, 0.1) is 11.6 Å². The van der Waals surface area contributed by atoms with Crippen LogP contribution in [0.25, 0.3) is 11.0 Å². The number of aromatic nitrogens is 3. The van der Waals surface area contributed by atoms with Crippen LogP contribution in [-0.2, 0) is 6.54 Å². The molecule has 1 unspecified atom stereocenters. The molecule has 25 heavy (non-hydrogen) atoms. The van der Waals surface area contributed by atoms with Gasteiger partial charge < -0.3 is 5.32 Å². The first kappa shape index (κ1) is 17.4. The van der Waals surface area contributed by atoms with Gasteiger partial charge in [0.2, 0.25) is 0 Å². The minimum absolute atomic E-state index is 0.0909. The molecule has 0 aliphatic carbocycles. The fourth-order valence-electron chi connectivity index (χ4n) is 2.88. The molecule has 130 valence electrons. The molecular formula is C19H21ClN4O. The Balaban J connectivity index is 1.85. The van der Waals surface area contributed by atoms with Crippen LogP contribution >= 0.6 is 11.6 Å². The average molecular weight is 357 g/mol. The first-order valence-corrected chi connectivity index (χ1v) is 8.77. The minimum atomic E-state index is -0.124. The highest BCUT2D eigenvalue weighted by molar-refractivity contribution is 6.30. The monoisotopic (exact) mass is 356 g/mol. The summed E-state index contributed by atoms with van der Waals surface area (Å²) in [5, 5.41) is 12.0. The van der Waals surface area contributed by atoms with E-state index in [1.807, 2.05) is 48.0 Å². The van der Waals surface area contributed by atoms with E-state index in [0.29, 0.717) is 10.6 Å². The molecule has 5 nitrogen and oxygen atoms in total. The highest BCUT2D eigenvalue weighted by Crippen LogP contribution is 2.24. The number of carbonyl (C=O) groups excluding carboxylic acids is 1. The van der Waals surface area contributed by atoms with Gasteiger partial charge in [-0.3, -0.25) is 4.79 Å². The van der Waals surface area contributed by atoms with Gasteiger partial charge in [-0.25, -0.2) is 4.68 Å². The Bertz CT molecular complexity index is 886. The smallest absolute Gasteiger partial charge is 0.251 e. The van der Waals surface area contributed by atoms with Crippen molar-refractivity contribution >= 4 is 28.5 Å². The molecule has 0 spiro atoms. The van der Waals surface area contributed by atoms with Crippen molar-refractivity contribution in [2.45, 2.75) is 33.4 Å². The van der Waals surface area contributed by atoms with Gasteiger partial charge in [-0.2, -0.15) is 0 Å². The molecule has 2 aromatic carbocycles. The zero-order valence-corrected chi connectivity index (χ0v) is 15.3. The molecular weight excluding hydrogens is 336 g/mol. The first-order valence-electron chi connectivity index (χ1n) is 8.39.